The van der Waals surface area contributed by atoms with Gasteiger partial charge in [-0.1, -0.05) is 0 Å². The molecule has 4 aliphatic carbocycles. The molecule has 0 aliphatic heterocycles. The summed E-state index contributed by atoms with van der Waals surface area (Å²) in [5.41, 5.74) is 6.44. The minimum absolute atomic E-state index is 0.382. The Kier molecular flexibility index (Phi) is 2.41. The number of rotatable bonds is 2. The van der Waals surface area contributed by atoms with E-state index in [4.69, 9.17) is 18.0 Å². The molecule has 104 valence electrons. The number of anilines is 1. The summed E-state index contributed by atoms with van der Waals surface area (Å²) in [5, 5.41) is 6.93. The summed E-state index contributed by atoms with van der Waals surface area (Å²) in [4.78, 5) is 0. The van der Waals surface area contributed by atoms with E-state index in [1.165, 1.54) is 38.5 Å². The van der Waals surface area contributed by atoms with Crippen molar-refractivity contribution in [1.29, 1.82) is 0 Å². The largest absolute Gasteiger partial charge is 0.368 e. The smallest absolute Gasteiger partial charge is 0.220 e. The summed E-state index contributed by atoms with van der Waals surface area (Å²) in [7, 11) is 0. The highest BCUT2D eigenvalue weighted by Gasteiger charge is 2.53. The molecule has 0 amide bonds. The van der Waals surface area contributed by atoms with E-state index in [-0.39, 0.29) is 0 Å². The maximum atomic E-state index is 6.02. The van der Waals surface area contributed by atoms with E-state index < -0.39 is 0 Å². The molecule has 4 bridgehead atoms. The van der Waals surface area contributed by atoms with Gasteiger partial charge in [0.25, 0.3) is 0 Å². The lowest BCUT2D eigenvalue weighted by Gasteiger charge is -2.59. The van der Waals surface area contributed by atoms with Gasteiger partial charge >= 0.3 is 0 Å². The van der Waals surface area contributed by atoms with Gasteiger partial charge in [-0.25, -0.2) is 5.10 Å². The van der Waals surface area contributed by atoms with Crippen molar-refractivity contribution < 1.29 is 0 Å². The number of hydrogen-bond donors (Lipinski definition) is 2. The van der Waals surface area contributed by atoms with Crippen molar-refractivity contribution >= 4 is 18.2 Å². The lowest BCUT2D eigenvalue weighted by Crippen LogP contribution is -2.49. The van der Waals surface area contributed by atoms with Crippen LogP contribution in [-0.4, -0.2) is 14.8 Å². The predicted octanol–water partition coefficient (Wildman–Crippen LogP) is 3.30. The number of nitrogens with two attached hydrogens (primary N) is 1. The van der Waals surface area contributed by atoms with E-state index >= 15 is 0 Å². The SMILES string of the molecule is CC(n1c(N)n[nH]c1=S)C12CC3CC(CC(C3)C1)C2. The highest BCUT2D eigenvalue weighted by Crippen LogP contribution is 2.63. The van der Waals surface area contributed by atoms with Crippen LogP contribution in [0.4, 0.5) is 5.95 Å². The van der Waals surface area contributed by atoms with Gasteiger partial charge in [0.2, 0.25) is 5.95 Å². The Bertz CT molecular complexity index is 523. The Balaban J connectivity index is 1.74. The third kappa shape index (κ3) is 1.63. The number of aromatic amines is 1. The van der Waals surface area contributed by atoms with Gasteiger partial charge in [0, 0.05) is 6.04 Å². The Morgan fingerprint density at radius 3 is 2.21 bits per heavy atom. The molecule has 0 radical (unpaired) electrons. The van der Waals surface area contributed by atoms with Crippen LogP contribution in [0.15, 0.2) is 0 Å². The second kappa shape index (κ2) is 3.84. The van der Waals surface area contributed by atoms with Crippen LogP contribution in [0.5, 0.6) is 0 Å². The summed E-state index contributed by atoms with van der Waals surface area (Å²) in [6.45, 7) is 2.30. The van der Waals surface area contributed by atoms with Crippen molar-refractivity contribution in [1.82, 2.24) is 14.8 Å². The van der Waals surface area contributed by atoms with Gasteiger partial charge in [0.05, 0.1) is 0 Å². The van der Waals surface area contributed by atoms with E-state index in [1.807, 2.05) is 0 Å². The third-order valence-electron chi connectivity index (χ3n) is 6.09. The van der Waals surface area contributed by atoms with Gasteiger partial charge < -0.3 is 5.73 Å². The molecule has 0 spiro atoms. The third-order valence-corrected chi connectivity index (χ3v) is 6.38. The van der Waals surface area contributed by atoms with Crippen LogP contribution in [0.1, 0.15) is 51.5 Å². The first-order chi connectivity index (χ1) is 9.07. The van der Waals surface area contributed by atoms with Gasteiger partial charge in [0.15, 0.2) is 4.77 Å². The molecule has 1 aromatic rings. The summed E-state index contributed by atoms with van der Waals surface area (Å²) >= 11 is 5.37. The molecule has 1 unspecified atom stereocenters. The lowest BCUT2D eigenvalue weighted by atomic mass is 9.48. The first-order valence-electron chi connectivity index (χ1n) is 7.50. The molecule has 3 N–H and O–H groups in total. The second-order valence-corrected chi connectivity index (χ2v) is 7.60. The molecule has 19 heavy (non-hydrogen) atoms. The zero-order chi connectivity index (χ0) is 13.2. The standard InChI is InChI=1S/C14H22N4S/c1-8(18-12(15)16-17-13(18)19)14-5-9-2-10(6-14)4-11(3-9)7-14/h8-11H,2-7H2,1H3,(H2,15,16)(H,17,19). The number of aromatic nitrogens is 3. The molecular formula is C14H22N4S. The molecule has 4 aliphatic rings. The lowest BCUT2D eigenvalue weighted by molar-refractivity contribution is -0.0787. The van der Waals surface area contributed by atoms with Crippen LogP contribution in [0.25, 0.3) is 0 Å². The van der Waals surface area contributed by atoms with E-state index in [0.29, 0.717) is 22.2 Å². The summed E-state index contributed by atoms with van der Waals surface area (Å²) < 4.78 is 2.74. The monoisotopic (exact) mass is 278 g/mol. The molecular weight excluding hydrogens is 256 g/mol. The Morgan fingerprint density at radius 2 is 1.79 bits per heavy atom. The van der Waals surface area contributed by atoms with Crippen molar-refractivity contribution in [2.24, 2.45) is 23.2 Å². The minimum atomic E-state index is 0.382. The Morgan fingerprint density at radius 1 is 1.26 bits per heavy atom. The highest BCUT2D eigenvalue weighted by molar-refractivity contribution is 7.71. The Hall–Kier alpha value is -0.840. The predicted molar refractivity (Wildman–Crippen MR) is 77.1 cm³/mol. The van der Waals surface area contributed by atoms with Crippen LogP contribution in [-0.2, 0) is 0 Å². The Labute approximate surface area is 118 Å². The minimum Gasteiger partial charge on any atom is -0.368 e. The molecule has 0 saturated heterocycles. The molecule has 5 heteroatoms. The zero-order valence-electron chi connectivity index (χ0n) is 11.4. The summed E-state index contributed by atoms with van der Waals surface area (Å²) in [6.07, 6.45) is 8.51. The number of H-pyrrole nitrogens is 1. The molecule has 5 rings (SSSR count). The molecule has 4 nitrogen and oxygen atoms in total. The average Bonchev–Trinajstić information content (AvgIpc) is 2.66. The van der Waals surface area contributed by atoms with Crippen LogP contribution < -0.4 is 5.73 Å². The fourth-order valence-corrected chi connectivity index (χ4v) is 5.95. The summed E-state index contributed by atoms with van der Waals surface area (Å²) in [6, 6.07) is 0.382. The van der Waals surface area contributed by atoms with E-state index in [0.717, 1.165) is 17.8 Å². The first-order valence-corrected chi connectivity index (χ1v) is 7.90. The molecule has 4 fully saturated rings. The van der Waals surface area contributed by atoms with Crippen molar-refractivity contribution in [2.75, 3.05) is 5.73 Å². The van der Waals surface area contributed by atoms with E-state index in [9.17, 15) is 0 Å². The van der Waals surface area contributed by atoms with Gasteiger partial charge in [-0.2, -0.15) is 0 Å². The normalized spacial score (nSPS) is 41.6. The van der Waals surface area contributed by atoms with Crippen LogP contribution in [0.2, 0.25) is 0 Å². The molecule has 1 aromatic heterocycles. The van der Waals surface area contributed by atoms with Crippen LogP contribution >= 0.6 is 12.2 Å². The zero-order valence-corrected chi connectivity index (χ0v) is 12.2. The molecule has 0 aromatic carbocycles. The molecule has 1 heterocycles. The fraction of sp³-hybridized carbons (Fsp3) is 0.857. The summed E-state index contributed by atoms with van der Waals surface area (Å²) in [5.74, 6) is 3.41. The van der Waals surface area contributed by atoms with Crippen molar-refractivity contribution in [3.8, 4) is 0 Å². The van der Waals surface area contributed by atoms with E-state index in [2.05, 4.69) is 21.7 Å². The topological polar surface area (TPSA) is 59.6 Å². The quantitative estimate of drug-likeness (QED) is 0.816. The van der Waals surface area contributed by atoms with E-state index in [1.54, 1.807) is 0 Å². The maximum Gasteiger partial charge on any atom is 0.220 e. The van der Waals surface area contributed by atoms with Gasteiger partial charge in [-0.05, 0) is 80.8 Å². The van der Waals surface area contributed by atoms with Gasteiger partial charge in [-0.3, -0.25) is 4.57 Å². The van der Waals surface area contributed by atoms with Gasteiger partial charge in [-0.15, -0.1) is 5.10 Å². The van der Waals surface area contributed by atoms with Crippen LogP contribution in [0.3, 0.4) is 0 Å². The fourth-order valence-electron chi connectivity index (χ4n) is 5.65. The second-order valence-electron chi connectivity index (χ2n) is 7.21. The average molecular weight is 278 g/mol. The number of nitrogen functional groups attached to an aromatic ring is 1. The van der Waals surface area contributed by atoms with Crippen LogP contribution in [0, 0.1) is 27.9 Å². The highest BCUT2D eigenvalue weighted by atomic mass is 32.1. The number of hydrogen-bond acceptors (Lipinski definition) is 3. The number of nitrogens with one attached hydrogen (secondary N) is 1. The van der Waals surface area contributed by atoms with Crippen molar-refractivity contribution in [3.05, 3.63) is 4.77 Å². The van der Waals surface area contributed by atoms with Gasteiger partial charge in [0.1, 0.15) is 0 Å². The number of nitrogens with zero attached hydrogens (tertiary/aromatic N) is 2. The molecule has 4 saturated carbocycles. The van der Waals surface area contributed by atoms with Crippen molar-refractivity contribution in [3.63, 3.8) is 0 Å². The molecule has 1 atom stereocenters. The van der Waals surface area contributed by atoms with Crippen molar-refractivity contribution in [2.45, 2.75) is 51.5 Å². The maximum absolute atomic E-state index is 6.02. The first kappa shape index (κ1) is 11.9.